The van der Waals surface area contributed by atoms with Crippen LogP contribution in [0.1, 0.15) is 56.9 Å². The summed E-state index contributed by atoms with van der Waals surface area (Å²) in [5.74, 6) is 1.19. The third-order valence-corrected chi connectivity index (χ3v) is 7.41. The van der Waals surface area contributed by atoms with E-state index in [0.29, 0.717) is 50.5 Å². The number of hydrogen-bond acceptors (Lipinski definition) is 6. The van der Waals surface area contributed by atoms with Crippen LogP contribution in [0.3, 0.4) is 0 Å². The summed E-state index contributed by atoms with van der Waals surface area (Å²) < 4.78 is 31.0. The molecular weight excluding hydrogens is 406 g/mol. The molecule has 1 saturated carbocycles. The topological polar surface area (TPSA) is 106 Å². The minimum Gasteiger partial charge on any atom is -0.492 e. The second-order valence-electron chi connectivity index (χ2n) is 8.26. The fourth-order valence-corrected chi connectivity index (χ4v) is 5.39. The zero-order valence-corrected chi connectivity index (χ0v) is 18.3. The first-order valence-electron chi connectivity index (χ1n) is 10.7. The predicted octanol–water partition coefficient (Wildman–Crippen LogP) is 2.50. The van der Waals surface area contributed by atoms with Crippen molar-refractivity contribution in [3.63, 3.8) is 0 Å². The summed E-state index contributed by atoms with van der Waals surface area (Å²) in [5.41, 5.74) is 0.902. The van der Waals surface area contributed by atoms with Crippen molar-refractivity contribution in [2.45, 2.75) is 51.4 Å². The van der Waals surface area contributed by atoms with Gasteiger partial charge in [-0.05, 0) is 55.6 Å². The third-order valence-electron chi connectivity index (χ3n) is 5.59. The SMILES string of the molecule is CC[C@@H](CS(=O)(=O)CCCCCN1CC(=O)NC1=O)c1cncc(OCC2CC2)c1. The van der Waals surface area contributed by atoms with E-state index in [-0.39, 0.29) is 35.9 Å². The zero-order valence-electron chi connectivity index (χ0n) is 17.5. The van der Waals surface area contributed by atoms with Crippen LogP contribution in [-0.4, -0.2) is 61.4 Å². The maximum atomic E-state index is 12.6. The zero-order chi connectivity index (χ0) is 21.6. The van der Waals surface area contributed by atoms with Crippen LogP contribution in [0.15, 0.2) is 18.5 Å². The Labute approximate surface area is 178 Å². The van der Waals surface area contributed by atoms with Crippen molar-refractivity contribution in [1.29, 1.82) is 0 Å². The van der Waals surface area contributed by atoms with Crippen molar-refractivity contribution in [1.82, 2.24) is 15.2 Å². The molecule has 0 aromatic carbocycles. The number of aromatic nitrogens is 1. The first kappa shape index (κ1) is 22.5. The quantitative estimate of drug-likeness (QED) is 0.375. The molecule has 0 bridgehead atoms. The Kier molecular flexibility index (Phi) is 7.69. The summed E-state index contributed by atoms with van der Waals surface area (Å²) in [6.45, 7) is 3.25. The summed E-state index contributed by atoms with van der Waals surface area (Å²) in [6.07, 6.45) is 8.48. The normalized spacial score (nSPS) is 17.8. The number of carbonyl (C=O) groups excluding carboxylic acids is 2. The molecule has 0 spiro atoms. The van der Waals surface area contributed by atoms with Crippen LogP contribution < -0.4 is 10.1 Å². The Morgan fingerprint density at radius 3 is 2.70 bits per heavy atom. The second kappa shape index (κ2) is 10.2. The molecule has 1 atom stereocenters. The van der Waals surface area contributed by atoms with Crippen molar-refractivity contribution < 1.29 is 22.7 Å². The summed E-state index contributed by atoms with van der Waals surface area (Å²) in [7, 11) is -3.20. The number of sulfone groups is 1. The van der Waals surface area contributed by atoms with Gasteiger partial charge in [0.05, 0.1) is 24.3 Å². The van der Waals surface area contributed by atoms with Crippen LogP contribution in [0.2, 0.25) is 0 Å². The number of nitrogens with one attached hydrogen (secondary N) is 1. The van der Waals surface area contributed by atoms with Crippen LogP contribution in [0.25, 0.3) is 0 Å². The Morgan fingerprint density at radius 1 is 1.23 bits per heavy atom. The lowest BCUT2D eigenvalue weighted by Gasteiger charge is -2.17. The van der Waals surface area contributed by atoms with Gasteiger partial charge in [-0.1, -0.05) is 13.3 Å². The molecule has 3 amide bonds. The van der Waals surface area contributed by atoms with Crippen LogP contribution in [0.5, 0.6) is 5.75 Å². The van der Waals surface area contributed by atoms with E-state index in [1.54, 1.807) is 12.4 Å². The minimum absolute atomic E-state index is 0.0901. The molecule has 2 aliphatic rings. The predicted molar refractivity (Wildman–Crippen MR) is 113 cm³/mol. The van der Waals surface area contributed by atoms with Gasteiger partial charge in [0.15, 0.2) is 9.84 Å². The molecule has 0 unspecified atom stereocenters. The Balaban J connectivity index is 1.43. The van der Waals surface area contributed by atoms with Gasteiger partial charge in [-0.15, -0.1) is 0 Å². The number of nitrogens with zero attached hydrogens (tertiary/aromatic N) is 2. The van der Waals surface area contributed by atoms with Gasteiger partial charge < -0.3 is 9.64 Å². The number of amides is 3. The van der Waals surface area contributed by atoms with Gasteiger partial charge in [-0.25, -0.2) is 13.2 Å². The lowest BCUT2D eigenvalue weighted by Crippen LogP contribution is -2.29. The Hall–Kier alpha value is -2.16. The average molecular weight is 438 g/mol. The lowest BCUT2D eigenvalue weighted by atomic mass is 10.0. The monoisotopic (exact) mass is 437 g/mol. The second-order valence-corrected chi connectivity index (χ2v) is 10.5. The number of urea groups is 1. The van der Waals surface area contributed by atoms with E-state index in [1.165, 1.54) is 17.7 Å². The molecule has 2 fully saturated rings. The summed E-state index contributed by atoms with van der Waals surface area (Å²) in [5, 5.41) is 2.23. The van der Waals surface area contributed by atoms with Crippen molar-refractivity contribution >= 4 is 21.8 Å². The Morgan fingerprint density at radius 2 is 2.03 bits per heavy atom. The maximum Gasteiger partial charge on any atom is 0.324 e. The highest BCUT2D eigenvalue weighted by molar-refractivity contribution is 7.91. The van der Waals surface area contributed by atoms with Gasteiger partial charge >= 0.3 is 6.03 Å². The van der Waals surface area contributed by atoms with E-state index < -0.39 is 9.84 Å². The van der Waals surface area contributed by atoms with Crippen molar-refractivity contribution in [3.8, 4) is 5.75 Å². The molecule has 9 heteroatoms. The number of unbranched alkanes of at least 4 members (excludes halogenated alkanes) is 2. The molecule has 1 aromatic rings. The summed E-state index contributed by atoms with van der Waals surface area (Å²) >= 11 is 0. The van der Waals surface area contributed by atoms with Crippen LogP contribution in [0.4, 0.5) is 4.79 Å². The Bertz CT molecular complexity index is 854. The van der Waals surface area contributed by atoms with E-state index in [1.807, 2.05) is 13.0 Å². The molecule has 3 rings (SSSR count). The number of ether oxygens (including phenoxy) is 1. The van der Waals surface area contributed by atoms with Crippen LogP contribution in [-0.2, 0) is 14.6 Å². The standard InChI is InChI=1S/C21H31N3O5S/c1-2-17(18-10-19(12-22-11-18)29-14-16-6-7-16)15-30(27,28)9-5-3-4-8-24-13-20(25)23-21(24)26/h10-12,16-17H,2-9,13-15H2,1H3,(H,23,25,26)/t17-/m0/s1. The van der Waals surface area contributed by atoms with E-state index in [4.69, 9.17) is 4.74 Å². The highest BCUT2D eigenvalue weighted by Crippen LogP contribution is 2.30. The average Bonchev–Trinajstić information content (AvgIpc) is 3.48. The van der Waals surface area contributed by atoms with Gasteiger partial charge in [0.25, 0.3) is 0 Å². The van der Waals surface area contributed by atoms with Gasteiger partial charge in [0, 0.05) is 12.7 Å². The molecule has 1 saturated heterocycles. The van der Waals surface area contributed by atoms with Crippen molar-refractivity contribution in [2.75, 3.05) is 31.2 Å². The molecule has 2 heterocycles. The van der Waals surface area contributed by atoms with Crippen molar-refractivity contribution in [2.24, 2.45) is 5.92 Å². The largest absolute Gasteiger partial charge is 0.492 e. The van der Waals surface area contributed by atoms with Gasteiger partial charge in [0.1, 0.15) is 12.3 Å². The number of hydrogen-bond donors (Lipinski definition) is 1. The highest BCUT2D eigenvalue weighted by Gasteiger charge is 2.26. The number of pyridine rings is 1. The fourth-order valence-electron chi connectivity index (χ4n) is 3.54. The van der Waals surface area contributed by atoms with Gasteiger partial charge in [-0.2, -0.15) is 0 Å². The van der Waals surface area contributed by atoms with Gasteiger partial charge in [-0.3, -0.25) is 15.1 Å². The number of carbonyl (C=O) groups is 2. The molecule has 1 aliphatic heterocycles. The molecular formula is C21H31N3O5S. The van der Waals surface area contributed by atoms with E-state index >= 15 is 0 Å². The number of rotatable bonds is 13. The first-order chi connectivity index (χ1) is 14.4. The number of imide groups is 1. The molecule has 1 aromatic heterocycles. The van der Waals surface area contributed by atoms with E-state index in [9.17, 15) is 18.0 Å². The molecule has 0 radical (unpaired) electrons. The molecule has 8 nitrogen and oxygen atoms in total. The summed E-state index contributed by atoms with van der Waals surface area (Å²) in [4.78, 5) is 28.3. The summed E-state index contributed by atoms with van der Waals surface area (Å²) in [6, 6.07) is 1.55. The van der Waals surface area contributed by atoms with Crippen molar-refractivity contribution in [3.05, 3.63) is 24.0 Å². The van der Waals surface area contributed by atoms with E-state index in [0.717, 1.165) is 5.56 Å². The maximum absolute atomic E-state index is 12.6. The molecule has 30 heavy (non-hydrogen) atoms. The third kappa shape index (κ3) is 6.97. The lowest BCUT2D eigenvalue weighted by molar-refractivity contribution is -0.118. The van der Waals surface area contributed by atoms with Gasteiger partial charge in [0.2, 0.25) is 5.91 Å². The van der Waals surface area contributed by atoms with Crippen LogP contribution >= 0.6 is 0 Å². The highest BCUT2D eigenvalue weighted by atomic mass is 32.2. The first-order valence-corrected chi connectivity index (χ1v) is 12.6. The fraction of sp³-hybridized carbons (Fsp3) is 0.667. The molecule has 166 valence electrons. The van der Waals surface area contributed by atoms with E-state index in [2.05, 4.69) is 10.3 Å². The minimum atomic E-state index is -3.20. The van der Waals surface area contributed by atoms with Crippen LogP contribution in [0, 0.1) is 5.92 Å². The molecule has 1 aliphatic carbocycles. The molecule has 1 N–H and O–H groups in total. The smallest absolute Gasteiger partial charge is 0.324 e.